The average Bonchev–Trinajstić information content (AvgIpc) is 2.90. The summed E-state index contributed by atoms with van der Waals surface area (Å²) in [4.78, 5) is 45.6. The van der Waals surface area contributed by atoms with Gasteiger partial charge in [-0.05, 0) is 37.0 Å². The number of rotatable bonds is 13. The second kappa shape index (κ2) is 18.4. The molecule has 0 fully saturated rings. The molecule has 0 saturated heterocycles. The molecule has 0 radical (unpaired) electrons. The Bertz CT molecular complexity index is 948. The molecule has 202 valence electrons. The Morgan fingerprint density at radius 1 is 0.973 bits per heavy atom. The molecule has 1 atom stereocenters. The minimum atomic E-state index is -0.797. The van der Waals surface area contributed by atoms with E-state index in [-0.39, 0.29) is 25.6 Å². The predicted octanol–water partition coefficient (Wildman–Crippen LogP) is 3.54. The van der Waals surface area contributed by atoms with Crippen LogP contribution in [0.4, 0.5) is 4.79 Å². The van der Waals surface area contributed by atoms with Crippen LogP contribution in [0.3, 0.4) is 0 Å². The van der Waals surface area contributed by atoms with Gasteiger partial charge in [-0.2, -0.15) is 0 Å². The lowest BCUT2D eigenvalue weighted by molar-refractivity contribution is -0.130. The molecule has 0 aromatic heterocycles. The molecule has 0 spiro atoms. The van der Waals surface area contributed by atoms with Gasteiger partial charge in [0.15, 0.2) is 0 Å². The van der Waals surface area contributed by atoms with Crippen LogP contribution >= 0.6 is 0 Å². The van der Waals surface area contributed by atoms with Crippen LogP contribution in [0.15, 0.2) is 54.6 Å². The van der Waals surface area contributed by atoms with Crippen molar-refractivity contribution in [2.24, 2.45) is 5.92 Å². The molecule has 3 N–H and O–H groups in total. The number of hydrogen-bond acceptors (Lipinski definition) is 6. The van der Waals surface area contributed by atoms with Crippen LogP contribution in [0.5, 0.6) is 5.75 Å². The largest absolute Gasteiger partial charge is 0.494 e. The smallest absolute Gasteiger partial charge is 0.407 e. The summed E-state index contributed by atoms with van der Waals surface area (Å²) in [5, 5.41) is 7.22. The number of ether oxygens (including phenoxy) is 2. The van der Waals surface area contributed by atoms with Crippen molar-refractivity contribution in [3.8, 4) is 5.75 Å². The third-order valence-corrected chi connectivity index (χ3v) is 5.02. The quantitative estimate of drug-likeness (QED) is 0.278. The highest BCUT2D eigenvalue weighted by atomic mass is 16.5. The molecule has 0 aliphatic rings. The summed E-state index contributed by atoms with van der Waals surface area (Å²) in [5.41, 5.74) is 2.10. The van der Waals surface area contributed by atoms with E-state index in [4.69, 9.17) is 9.47 Å². The number of carbonyl (C=O) groups excluding carboxylic acids is 4. The molecular formula is C28H39N3O6. The molecule has 9 heteroatoms. The maximum Gasteiger partial charge on any atom is 0.407 e. The second-order valence-corrected chi connectivity index (χ2v) is 8.63. The number of alkyl carbamates (subject to hydrolysis) is 1. The van der Waals surface area contributed by atoms with Crippen molar-refractivity contribution in [3.05, 3.63) is 65.7 Å². The molecule has 3 amide bonds. The first-order valence-electron chi connectivity index (χ1n) is 12.4. The fourth-order valence-electron chi connectivity index (χ4n) is 2.91. The molecule has 2 rings (SSSR count). The molecule has 2 aromatic carbocycles. The van der Waals surface area contributed by atoms with Crippen LogP contribution in [-0.2, 0) is 25.7 Å². The highest BCUT2D eigenvalue weighted by Gasteiger charge is 2.23. The van der Waals surface area contributed by atoms with Gasteiger partial charge in [-0.15, -0.1) is 0 Å². The SMILES string of the molecule is CC(C)C(NC(=O)CNC(=O)OCc1ccccc1)C(=O)NCC=O.CCCCOc1ccc(C)cc1. The number of nitrogens with one attached hydrogen (secondary N) is 3. The number of aryl methyl sites for hydroxylation is 1. The van der Waals surface area contributed by atoms with E-state index >= 15 is 0 Å². The number of unbranched alkanes of at least 4 members (excludes halogenated alkanes) is 1. The Morgan fingerprint density at radius 3 is 2.24 bits per heavy atom. The summed E-state index contributed by atoms with van der Waals surface area (Å²) in [6, 6.07) is 16.5. The molecule has 0 aliphatic carbocycles. The van der Waals surface area contributed by atoms with Crippen molar-refractivity contribution >= 4 is 24.2 Å². The average molecular weight is 514 g/mol. The van der Waals surface area contributed by atoms with E-state index in [2.05, 4.69) is 41.9 Å². The number of carbonyl (C=O) groups is 4. The highest BCUT2D eigenvalue weighted by molar-refractivity contribution is 5.90. The van der Waals surface area contributed by atoms with Gasteiger partial charge in [-0.25, -0.2) is 4.79 Å². The van der Waals surface area contributed by atoms with Crippen molar-refractivity contribution in [2.45, 2.75) is 53.2 Å². The lowest BCUT2D eigenvalue weighted by Gasteiger charge is -2.21. The van der Waals surface area contributed by atoms with Crippen LogP contribution in [0.2, 0.25) is 0 Å². The van der Waals surface area contributed by atoms with Crippen molar-refractivity contribution < 1.29 is 28.7 Å². The molecule has 0 bridgehead atoms. The first-order chi connectivity index (χ1) is 17.8. The first-order valence-corrected chi connectivity index (χ1v) is 12.4. The Morgan fingerprint density at radius 2 is 1.65 bits per heavy atom. The Labute approximate surface area is 219 Å². The van der Waals surface area contributed by atoms with Crippen LogP contribution in [0, 0.1) is 12.8 Å². The third kappa shape index (κ3) is 14.3. The van der Waals surface area contributed by atoms with E-state index in [0.29, 0.717) is 6.29 Å². The second-order valence-electron chi connectivity index (χ2n) is 8.63. The van der Waals surface area contributed by atoms with Gasteiger partial charge in [0.1, 0.15) is 31.2 Å². The highest BCUT2D eigenvalue weighted by Crippen LogP contribution is 2.11. The maximum absolute atomic E-state index is 11.9. The van der Waals surface area contributed by atoms with E-state index in [1.165, 1.54) is 12.0 Å². The minimum Gasteiger partial charge on any atom is -0.494 e. The van der Waals surface area contributed by atoms with E-state index in [9.17, 15) is 19.2 Å². The molecule has 0 aliphatic heterocycles. The van der Waals surface area contributed by atoms with Crippen LogP contribution < -0.4 is 20.7 Å². The number of benzene rings is 2. The van der Waals surface area contributed by atoms with Gasteiger partial charge >= 0.3 is 6.09 Å². The summed E-state index contributed by atoms with van der Waals surface area (Å²) >= 11 is 0. The Kier molecular flexibility index (Phi) is 15.5. The summed E-state index contributed by atoms with van der Waals surface area (Å²) in [5.74, 6) is -0.187. The number of hydrogen-bond donors (Lipinski definition) is 3. The first kappa shape index (κ1) is 31.2. The van der Waals surface area contributed by atoms with Crippen LogP contribution in [-0.4, -0.2) is 49.9 Å². The molecule has 37 heavy (non-hydrogen) atoms. The van der Waals surface area contributed by atoms with Gasteiger partial charge in [0.05, 0.1) is 13.2 Å². The zero-order valence-corrected chi connectivity index (χ0v) is 22.1. The van der Waals surface area contributed by atoms with Crippen LogP contribution in [0.1, 0.15) is 44.7 Å². The van der Waals surface area contributed by atoms with Gasteiger partial charge in [0.2, 0.25) is 11.8 Å². The third-order valence-electron chi connectivity index (χ3n) is 5.02. The molecule has 1 unspecified atom stereocenters. The van der Waals surface area contributed by atoms with Crippen molar-refractivity contribution in [2.75, 3.05) is 19.7 Å². The van der Waals surface area contributed by atoms with Crippen molar-refractivity contribution in [3.63, 3.8) is 0 Å². The zero-order valence-electron chi connectivity index (χ0n) is 22.1. The standard InChI is InChI=1S/C17H23N3O5.C11H16O/c1-12(2)15(16(23)18-8-9-21)20-14(22)10-19-17(24)25-11-13-6-4-3-5-7-13;1-3-4-9-12-11-7-5-10(2)6-8-11/h3-7,9,12,15H,8,10-11H2,1-2H3,(H,18,23)(H,19,24)(H,20,22);5-8H,3-4,9H2,1-2H3. The summed E-state index contributed by atoms with van der Waals surface area (Å²) < 4.78 is 10.5. The molecule has 2 aromatic rings. The Balaban J connectivity index is 0.000000474. The van der Waals surface area contributed by atoms with Gasteiger partial charge in [-0.3, -0.25) is 9.59 Å². The number of amides is 3. The van der Waals surface area contributed by atoms with E-state index in [1.807, 2.05) is 42.5 Å². The molecular weight excluding hydrogens is 474 g/mol. The molecule has 9 nitrogen and oxygen atoms in total. The number of aldehydes is 1. The zero-order chi connectivity index (χ0) is 27.5. The van der Waals surface area contributed by atoms with Gasteiger partial charge in [0.25, 0.3) is 0 Å². The van der Waals surface area contributed by atoms with Gasteiger partial charge in [0, 0.05) is 0 Å². The summed E-state index contributed by atoms with van der Waals surface area (Å²) in [6.45, 7) is 8.24. The maximum atomic E-state index is 11.9. The van der Waals surface area contributed by atoms with Gasteiger partial charge < -0.3 is 30.2 Å². The summed E-state index contributed by atoms with van der Waals surface area (Å²) in [7, 11) is 0. The van der Waals surface area contributed by atoms with E-state index < -0.39 is 23.9 Å². The van der Waals surface area contributed by atoms with E-state index in [1.54, 1.807) is 13.8 Å². The fourth-order valence-corrected chi connectivity index (χ4v) is 2.91. The minimum absolute atomic E-state index is 0.0943. The Hall–Kier alpha value is -3.88. The van der Waals surface area contributed by atoms with Crippen molar-refractivity contribution in [1.82, 2.24) is 16.0 Å². The molecule has 0 heterocycles. The topological polar surface area (TPSA) is 123 Å². The normalized spacial score (nSPS) is 10.8. The van der Waals surface area contributed by atoms with Gasteiger partial charge in [-0.1, -0.05) is 75.2 Å². The fraction of sp³-hybridized carbons (Fsp3) is 0.429. The predicted molar refractivity (Wildman–Crippen MR) is 142 cm³/mol. The van der Waals surface area contributed by atoms with Crippen molar-refractivity contribution in [1.29, 1.82) is 0 Å². The lowest BCUT2D eigenvalue weighted by atomic mass is 10.0. The monoisotopic (exact) mass is 513 g/mol. The summed E-state index contributed by atoms with van der Waals surface area (Å²) in [6.07, 6.45) is 2.15. The molecule has 0 saturated carbocycles. The lowest BCUT2D eigenvalue weighted by Crippen LogP contribution is -2.52. The van der Waals surface area contributed by atoms with Crippen LogP contribution in [0.25, 0.3) is 0 Å². The van der Waals surface area contributed by atoms with E-state index in [0.717, 1.165) is 24.3 Å².